The first-order valence-corrected chi connectivity index (χ1v) is 7.38. The van der Waals surface area contributed by atoms with Crippen LogP contribution in [0.4, 0.5) is 0 Å². The second kappa shape index (κ2) is 6.43. The summed E-state index contributed by atoms with van der Waals surface area (Å²) < 4.78 is 0. The molecule has 2 aromatic carbocycles. The molecule has 0 aliphatic carbocycles. The Morgan fingerprint density at radius 1 is 1.00 bits per heavy atom. The number of halogens is 1. The minimum absolute atomic E-state index is 0.287. The summed E-state index contributed by atoms with van der Waals surface area (Å²) in [6.45, 7) is 6.43. The first kappa shape index (κ1) is 15.1. The fourth-order valence-electron chi connectivity index (χ4n) is 2.78. The van der Waals surface area contributed by atoms with Crippen LogP contribution < -0.4 is 5.32 Å². The van der Waals surface area contributed by atoms with Gasteiger partial charge in [-0.15, -0.1) is 0 Å². The summed E-state index contributed by atoms with van der Waals surface area (Å²) in [5.41, 5.74) is 6.55. The SMILES string of the molecule is CNC(Cc1cc(C)cc(C)c1)c1cc(Cl)ccc1C. The molecule has 0 radical (unpaired) electrons. The van der Waals surface area contributed by atoms with E-state index in [0.29, 0.717) is 0 Å². The highest BCUT2D eigenvalue weighted by atomic mass is 35.5. The third-order valence-corrected chi connectivity index (χ3v) is 3.92. The third-order valence-electron chi connectivity index (χ3n) is 3.69. The van der Waals surface area contributed by atoms with Crippen molar-refractivity contribution in [2.75, 3.05) is 7.05 Å². The van der Waals surface area contributed by atoms with Crippen molar-refractivity contribution in [1.29, 1.82) is 0 Å². The molecule has 0 amide bonds. The minimum atomic E-state index is 0.287. The van der Waals surface area contributed by atoms with Gasteiger partial charge in [-0.3, -0.25) is 0 Å². The normalized spacial score (nSPS) is 12.4. The molecular formula is C18H22ClN. The zero-order chi connectivity index (χ0) is 14.7. The van der Waals surface area contributed by atoms with E-state index in [1.807, 2.05) is 13.1 Å². The van der Waals surface area contributed by atoms with Crippen LogP contribution in [0.2, 0.25) is 5.02 Å². The molecule has 1 nitrogen and oxygen atoms in total. The molecule has 0 heterocycles. The van der Waals surface area contributed by atoms with Gasteiger partial charge in [0.05, 0.1) is 0 Å². The van der Waals surface area contributed by atoms with E-state index in [-0.39, 0.29) is 6.04 Å². The summed E-state index contributed by atoms with van der Waals surface area (Å²) in [6.07, 6.45) is 0.972. The van der Waals surface area contributed by atoms with Gasteiger partial charge in [0.25, 0.3) is 0 Å². The molecule has 0 saturated heterocycles. The molecule has 2 aromatic rings. The molecule has 0 fully saturated rings. The number of rotatable bonds is 4. The first-order chi connectivity index (χ1) is 9.49. The Kier molecular flexibility index (Phi) is 4.85. The van der Waals surface area contributed by atoms with Crippen LogP contribution in [0, 0.1) is 20.8 Å². The van der Waals surface area contributed by atoms with Gasteiger partial charge in [0.15, 0.2) is 0 Å². The van der Waals surface area contributed by atoms with Crippen molar-refractivity contribution in [2.45, 2.75) is 33.2 Å². The Morgan fingerprint density at radius 3 is 2.25 bits per heavy atom. The maximum atomic E-state index is 6.14. The van der Waals surface area contributed by atoms with E-state index in [0.717, 1.165) is 11.4 Å². The van der Waals surface area contributed by atoms with Crippen molar-refractivity contribution >= 4 is 11.6 Å². The van der Waals surface area contributed by atoms with E-state index in [2.05, 4.69) is 56.4 Å². The lowest BCUT2D eigenvalue weighted by atomic mass is 9.94. The topological polar surface area (TPSA) is 12.0 Å². The lowest BCUT2D eigenvalue weighted by molar-refractivity contribution is 0.588. The lowest BCUT2D eigenvalue weighted by Gasteiger charge is -2.20. The number of likely N-dealkylation sites (N-methyl/N-ethyl adjacent to an activating group) is 1. The van der Waals surface area contributed by atoms with E-state index < -0.39 is 0 Å². The molecule has 0 bridgehead atoms. The number of nitrogens with one attached hydrogen (secondary N) is 1. The van der Waals surface area contributed by atoms with Crippen molar-refractivity contribution in [3.8, 4) is 0 Å². The average molecular weight is 288 g/mol. The summed E-state index contributed by atoms with van der Waals surface area (Å²) in [5, 5.41) is 4.21. The van der Waals surface area contributed by atoms with Crippen molar-refractivity contribution in [1.82, 2.24) is 5.32 Å². The van der Waals surface area contributed by atoms with Crippen LogP contribution in [0.15, 0.2) is 36.4 Å². The van der Waals surface area contributed by atoms with Crippen LogP contribution in [0.3, 0.4) is 0 Å². The highest BCUT2D eigenvalue weighted by Crippen LogP contribution is 2.25. The van der Waals surface area contributed by atoms with Gasteiger partial charge >= 0.3 is 0 Å². The first-order valence-electron chi connectivity index (χ1n) is 7.00. The number of aryl methyl sites for hydroxylation is 3. The minimum Gasteiger partial charge on any atom is -0.313 e. The van der Waals surface area contributed by atoms with Gasteiger partial charge < -0.3 is 5.32 Å². The van der Waals surface area contributed by atoms with Crippen molar-refractivity contribution in [3.63, 3.8) is 0 Å². The standard InChI is InChI=1S/C18H22ClN/c1-12-7-13(2)9-15(8-12)10-18(20-4)17-11-16(19)6-5-14(17)3/h5-9,11,18,20H,10H2,1-4H3. The summed E-state index contributed by atoms with van der Waals surface area (Å²) >= 11 is 6.14. The van der Waals surface area contributed by atoms with Crippen molar-refractivity contribution in [2.24, 2.45) is 0 Å². The predicted molar refractivity (Wildman–Crippen MR) is 87.6 cm³/mol. The Labute approximate surface area is 127 Å². The number of benzene rings is 2. The van der Waals surface area contributed by atoms with E-state index >= 15 is 0 Å². The Hall–Kier alpha value is -1.31. The van der Waals surface area contributed by atoms with Gasteiger partial charge in [-0.2, -0.15) is 0 Å². The monoisotopic (exact) mass is 287 g/mol. The zero-order valence-corrected chi connectivity index (χ0v) is 13.4. The van der Waals surface area contributed by atoms with Gasteiger partial charge in [0, 0.05) is 11.1 Å². The van der Waals surface area contributed by atoms with Crippen LogP contribution in [-0.2, 0) is 6.42 Å². The smallest absolute Gasteiger partial charge is 0.0409 e. The predicted octanol–water partition coefficient (Wildman–Crippen LogP) is 4.77. The van der Waals surface area contributed by atoms with Gasteiger partial charge in [-0.25, -0.2) is 0 Å². The van der Waals surface area contributed by atoms with Crippen molar-refractivity contribution in [3.05, 3.63) is 69.2 Å². The van der Waals surface area contributed by atoms with E-state index in [1.54, 1.807) is 0 Å². The lowest BCUT2D eigenvalue weighted by Crippen LogP contribution is -2.20. The quantitative estimate of drug-likeness (QED) is 0.854. The molecular weight excluding hydrogens is 266 g/mol. The van der Waals surface area contributed by atoms with Gasteiger partial charge in [0.2, 0.25) is 0 Å². The molecule has 0 aliphatic rings. The molecule has 1 N–H and O–H groups in total. The molecule has 0 spiro atoms. The largest absolute Gasteiger partial charge is 0.313 e. The van der Waals surface area contributed by atoms with Crippen LogP contribution in [0.1, 0.15) is 33.9 Å². The third kappa shape index (κ3) is 3.62. The van der Waals surface area contributed by atoms with Gasteiger partial charge in [-0.1, -0.05) is 47.0 Å². The van der Waals surface area contributed by atoms with E-state index in [4.69, 9.17) is 11.6 Å². The summed E-state index contributed by atoms with van der Waals surface area (Å²) in [4.78, 5) is 0. The molecule has 20 heavy (non-hydrogen) atoms. The van der Waals surface area contributed by atoms with Crippen molar-refractivity contribution < 1.29 is 0 Å². The maximum Gasteiger partial charge on any atom is 0.0409 e. The molecule has 2 rings (SSSR count). The van der Waals surface area contributed by atoms with Crippen LogP contribution in [0.25, 0.3) is 0 Å². The summed E-state index contributed by atoms with van der Waals surface area (Å²) in [7, 11) is 2.01. The highest BCUT2D eigenvalue weighted by molar-refractivity contribution is 6.30. The Balaban J connectivity index is 2.31. The number of hydrogen-bond acceptors (Lipinski definition) is 1. The Bertz CT molecular complexity index is 584. The second-order valence-corrected chi connectivity index (χ2v) is 5.98. The van der Waals surface area contributed by atoms with Crippen LogP contribution >= 0.6 is 11.6 Å². The molecule has 106 valence electrons. The van der Waals surface area contributed by atoms with Crippen LogP contribution in [-0.4, -0.2) is 7.05 Å². The molecule has 0 aromatic heterocycles. The van der Waals surface area contributed by atoms with E-state index in [9.17, 15) is 0 Å². The molecule has 2 heteroatoms. The number of hydrogen-bond donors (Lipinski definition) is 1. The van der Waals surface area contributed by atoms with E-state index in [1.165, 1.54) is 27.8 Å². The maximum absolute atomic E-state index is 6.14. The fourth-order valence-corrected chi connectivity index (χ4v) is 2.96. The zero-order valence-electron chi connectivity index (χ0n) is 12.6. The molecule has 1 unspecified atom stereocenters. The van der Waals surface area contributed by atoms with Crippen LogP contribution in [0.5, 0.6) is 0 Å². The fraction of sp³-hybridized carbons (Fsp3) is 0.333. The second-order valence-electron chi connectivity index (χ2n) is 5.54. The molecule has 0 aliphatic heterocycles. The molecule has 1 atom stereocenters. The summed E-state index contributed by atoms with van der Waals surface area (Å²) in [5.74, 6) is 0. The summed E-state index contributed by atoms with van der Waals surface area (Å²) in [6, 6.07) is 13.1. The Morgan fingerprint density at radius 2 is 1.65 bits per heavy atom. The molecule has 0 saturated carbocycles. The highest BCUT2D eigenvalue weighted by Gasteiger charge is 2.13. The van der Waals surface area contributed by atoms with Gasteiger partial charge in [0.1, 0.15) is 0 Å². The average Bonchev–Trinajstić information content (AvgIpc) is 2.38. The van der Waals surface area contributed by atoms with Gasteiger partial charge in [-0.05, 0) is 63.1 Å².